The fourth-order valence-electron chi connectivity index (χ4n) is 3.49. The van der Waals surface area contributed by atoms with Gasteiger partial charge in [-0.1, -0.05) is 35.1 Å². The second kappa shape index (κ2) is 11.0. The van der Waals surface area contributed by atoms with Crippen LogP contribution in [0.4, 0.5) is 5.13 Å². The molecule has 1 aromatic heterocycles. The maximum atomic E-state index is 12.3. The number of rotatable bonds is 6. The molecule has 0 saturated carbocycles. The van der Waals surface area contributed by atoms with E-state index in [0.29, 0.717) is 17.3 Å². The molecule has 1 amide bonds. The van der Waals surface area contributed by atoms with Crippen molar-refractivity contribution >= 4 is 79.2 Å². The second-order valence-electron chi connectivity index (χ2n) is 6.99. The van der Waals surface area contributed by atoms with Gasteiger partial charge in [0.15, 0.2) is 10.9 Å². The first-order chi connectivity index (χ1) is 14.6. The summed E-state index contributed by atoms with van der Waals surface area (Å²) in [7, 11) is 1.62. The summed E-state index contributed by atoms with van der Waals surface area (Å²) < 4.78 is 7.47. The Balaban J connectivity index is 0.00000272. The third-order valence-electron chi connectivity index (χ3n) is 5.13. The van der Waals surface area contributed by atoms with E-state index < -0.39 is 0 Å². The van der Waals surface area contributed by atoms with Gasteiger partial charge >= 0.3 is 0 Å². The molecular formula is C21H23Cl2IN4O2S. The minimum absolute atomic E-state index is 0. The Morgan fingerprint density at radius 2 is 1.97 bits per heavy atom. The van der Waals surface area contributed by atoms with Gasteiger partial charge in [-0.3, -0.25) is 9.69 Å². The summed E-state index contributed by atoms with van der Waals surface area (Å²) in [6.07, 6.45) is 0. The fourth-order valence-corrected chi connectivity index (χ4v) is 5.37. The number of methoxy groups -OCH3 is 1. The van der Waals surface area contributed by atoms with Crippen LogP contribution in [0.3, 0.4) is 0 Å². The number of halogens is 3. The molecule has 1 aliphatic heterocycles. The van der Waals surface area contributed by atoms with Gasteiger partial charge < -0.3 is 15.0 Å². The summed E-state index contributed by atoms with van der Waals surface area (Å²) in [6, 6.07) is 11.5. The largest absolute Gasteiger partial charge is 0.493 e. The quantitative estimate of drug-likeness (QED) is 0.426. The lowest BCUT2D eigenvalue weighted by Crippen LogP contribution is -2.48. The van der Waals surface area contributed by atoms with Crippen LogP contribution in [-0.4, -0.2) is 62.2 Å². The van der Waals surface area contributed by atoms with Crippen molar-refractivity contribution in [3.05, 3.63) is 50.6 Å². The van der Waals surface area contributed by atoms with Crippen molar-refractivity contribution in [1.29, 1.82) is 0 Å². The summed E-state index contributed by atoms with van der Waals surface area (Å²) in [6.45, 7) is 5.16. The zero-order valence-electron chi connectivity index (χ0n) is 16.9. The number of aromatic nitrogens is 1. The van der Waals surface area contributed by atoms with Crippen LogP contribution in [-0.2, 0) is 0 Å². The minimum atomic E-state index is -0.0132. The molecule has 1 N–H and O–H groups in total. The Bertz CT molecular complexity index is 1060. The Morgan fingerprint density at radius 1 is 1.23 bits per heavy atom. The van der Waals surface area contributed by atoms with Crippen molar-refractivity contribution in [3.8, 4) is 5.75 Å². The van der Waals surface area contributed by atoms with Crippen molar-refractivity contribution in [1.82, 2.24) is 15.2 Å². The van der Waals surface area contributed by atoms with Crippen molar-refractivity contribution < 1.29 is 9.53 Å². The van der Waals surface area contributed by atoms with Crippen LogP contribution in [0.2, 0.25) is 5.02 Å². The van der Waals surface area contributed by atoms with E-state index in [2.05, 4.69) is 37.7 Å². The SMILES string of the molecule is COc1c(Cl)ccc2sc(N3CCN(CCNC(=O)c4ccccc4I)CC3)nc12.Cl. The number of carbonyl (C=O) groups excluding carboxylic acids is 1. The Labute approximate surface area is 210 Å². The van der Waals surface area contributed by atoms with Gasteiger partial charge in [-0.05, 0) is 46.9 Å². The van der Waals surface area contributed by atoms with Gasteiger partial charge in [-0.25, -0.2) is 4.98 Å². The fraction of sp³-hybridized carbons (Fsp3) is 0.333. The predicted molar refractivity (Wildman–Crippen MR) is 139 cm³/mol. The van der Waals surface area contributed by atoms with Crippen LogP contribution in [0.1, 0.15) is 10.4 Å². The average Bonchev–Trinajstić information content (AvgIpc) is 3.19. The average molecular weight is 593 g/mol. The van der Waals surface area contributed by atoms with Crippen molar-refractivity contribution in [2.75, 3.05) is 51.3 Å². The number of carbonyl (C=O) groups is 1. The molecule has 3 aromatic rings. The van der Waals surface area contributed by atoms with Gasteiger partial charge in [0.25, 0.3) is 5.91 Å². The summed E-state index contributed by atoms with van der Waals surface area (Å²) in [4.78, 5) is 21.8. The summed E-state index contributed by atoms with van der Waals surface area (Å²) in [5.41, 5.74) is 1.56. The highest BCUT2D eigenvalue weighted by atomic mass is 127. The van der Waals surface area contributed by atoms with Crippen LogP contribution >= 0.6 is 57.9 Å². The topological polar surface area (TPSA) is 57.7 Å². The van der Waals surface area contributed by atoms with Crippen LogP contribution in [0.15, 0.2) is 36.4 Å². The lowest BCUT2D eigenvalue weighted by atomic mass is 10.2. The highest BCUT2D eigenvalue weighted by Crippen LogP contribution is 2.38. The molecule has 0 atom stereocenters. The Hall–Kier alpha value is -1.33. The molecule has 0 bridgehead atoms. The van der Waals surface area contributed by atoms with E-state index in [1.165, 1.54) is 0 Å². The number of ether oxygens (including phenoxy) is 1. The minimum Gasteiger partial charge on any atom is -0.493 e. The summed E-state index contributed by atoms with van der Waals surface area (Å²) in [5.74, 6) is 0.625. The van der Waals surface area contributed by atoms with E-state index in [-0.39, 0.29) is 18.3 Å². The van der Waals surface area contributed by atoms with Gasteiger partial charge in [-0.15, -0.1) is 12.4 Å². The predicted octanol–water partition coefficient (Wildman–Crippen LogP) is 4.54. The van der Waals surface area contributed by atoms with E-state index >= 15 is 0 Å². The van der Waals surface area contributed by atoms with Crippen LogP contribution in [0.5, 0.6) is 5.75 Å². The monoisotopic (exact) mass is 592 g/mol. The summed E-state index contributed by atoms with van der Waals surface area (Å²) in [5, 5.41) is 4.61. The zero-order chi connectivity index (χ0) is 21.1. The smallest absolute Gasteiger partial charge is 0.252 e. The molecule has 0 spiro atoms. The number of hydrogen-bond donors (Lipinski definition) is 1. The van der Waals surface area contributed by atoms with E-state index in [1.807, 2.05) is 36.4 Å². The highest BCUT2D eigenvalue weighted by Gasteiger charge is 2.21. The molecule has 0 radical (unpaired) electrons. The number of nitrogens with one attached hydrogen (secondary N) is 1. The van der Waals surface area contributed by atoms with Crippen molar-refractivity contribution in [3.63, 3.8) is 0 Å². The molecule has 10 heteroatoms. The lowest BCUT2D eigenvalue weighted by molar-refractivity contribution is 0.0947. The van der Waals surface area contributed by atoms with Gasteiger partial charge in [-0.2, -0.15) is 0 Å². The number of benzene rings is 2. The van der Waals surface area contributed by atoms with Gasteiger partial charge in [0.05, 0.1) is 22.4 Å². The van der Waals surface area contributed by atoms with E-state index in [0.717, 1.165) is 57.2 Å². The van der Waals surface area contributed by atoms with Crippen molar-refractivity contribution in [2.45, 2.75) is 0 Å². The molecule has 1 saturated heterocycles. The lowest BCUT2D eigenvalue weighted by Gasteiger charge is -2.34. The molecule has 0 unspecified atom stereocenters. The van der Waals surface area contributed by atoms with Crippen LogP contribution < -0.4 is 15.0 Å². The number of amides is 1. The van der Waals surface area contributed by atoms with Crippen LogP contribution in [0, 0.1) is 3.57 Å². The normalized spacial score (nSPS) is 14.4. The highest BCUT2D eigenvalue weighted by molar-refractivity contribution is 14.1. The molecule has 1 fully saturated rings. The maximum Gasteiger partial charge on any atom is 0.252 e. The standard InChI is InChI=1S/C21H22ClIN4O2S.ClH/c1-29-19-15(22)6-7-17-18(19)25-21(30-17)27-12-10-26(11-13-27)9-8-24-20(28)14-4-2-3-5-16(14)23;/h2-7H,8-13H2,1H3,(H,24,28);1H. The van der Waals surface area contributed by atoms with Gasteiger partial charge in [0.1, 0.15) is 5.52 Å². The second-order valence-corrected chi connectivity index (χ2v) is 9.57. The van der Waals surface area contributed by atoms with E-state index in [9.17, 15) is 4.79 Å². The molecule has 31 heavy (non-hydrogen) atoms. The molecule has 166 valence electrons. The molecule has 6 nitrogen and oxygen atoms in total. The van der Waals surface area contributed by atoms with Gasteiger partial charge in [0, 0.05) is 42.8 Å². The first-order valence-corrected chi connectivity index (χ1v) is 12.0. The first kappa shape index (κ1) is 24.3. The Morgan fingerprint density at radius 3 is 2.68 bits per heavy atom. The number of piperazine rings is 1. The number of nitrogens with zero attached hydrogens (tertiary/aromatic N) is 3. The zero-order valence-corrected chi connectivity index (χ0v) is 21.5. The molecule has 1 aliphatic rings. The Kier molecular flexibility index (Phi) is 8.63. The molecule has 4 rings (SSSR count). The molecule has 0 aliphatic carbocycles. The molecular weight excluding hydrogens is 570 g/mol. The first-order valence-electron chi connectivity index (χ1n) is 9.70. The van der Waals surface area contributed by atoms with Crippen molar-refractivity contribution in [2.24, 2.45) is 0 Å². The number of thiazole rings is 1. The third-order valence-corrected chi connectivity index (χ3v) is 7.45. The number of hydrogen-bond acceptors (Lipinski definition) is 6. The molecule has 2 heterocycles. The summed E-state index contributed by atoms with van der Waals surface area (Å²) >= 11 is 10.1. The third kappa shape index (κ3) is 5.54. The maximum absolute atomic E-state index is 12.3. The van der Waals surface area contributed by atoms with Gasteiger partial charge in [0.2, 0.25) is 0 Å². The van der Waals surface area contributed by atoms with E-state index in [4.69, 9.17) is 21.3 Å². The molecule has 2 aromatic carbocycles. The number of anilines is 1. The number of fused-ring (bicyclic) bond motifs is 1. The van der Waals surface area contributed by atoms with Crippen LogP contribution in [0.25, 0.3) is 10.2 Å². The van der Waals surface area contributed by atoms with E-state index in [1.54, 1.807) is 18.4 Å².